The van der Waals surface area contributed by atoms with Gasteiger partial charge in [-0.2, -0.15) is 5.26 Å². The van der Waals surface area contributed by atoms with Gasteiger partial charge in [0, 0.05) is 12.6 Å². The molecule has 0 unspecified atom stereocenters. The quantitative estimate of drug-likeness (QED) is 0.911. The average Bonchev–Trinajstić information content (AvgIpc) is 2.41. The van der Waals surface area contributed by atoms with E-state index in [-0.39, 0.29) is 5.91 Å². The Kier molecular flexibility index (Phi) is 3.79. The summed E-state index contributed by atoms with van der Waals surface area (Å²) in [6.45, 7) is 1.45. The van der Waals surface area contributed by atoms with Crippen LogP contribution in [0.15, 0.2) is 48.5 Å². The summed E-state index contributed by atoms with van der Waals surface area (Å²) in [6.07, 6.45) is 0. The molecule has 0 atom stereocenters. The maximum Gasteiger partial charge on any atom is 0.221 e. The Balaban J connectivity index is 2.16. The zero-order valence-electron chi connectivity index (χ0n) is 10.4. The number of anilines is 1. The van der Waals surface area contributed by atoms with Gasteiger partial charge in [0.1, 0.15) is 17.6 Å². The summed E-state index contributed by atoms with van der Waals surface area (Å²) in [7, 11) is 0. The molecule has 0 aromatic heterocycles. The third kappa shape index (κ3) is 3.33. The lowest BCUT2D eigenvalue weighted by Gasteiger charge is -2.08. The summed E-state index contributed by atoms with van der Waals surface area (Å²) in [6, 6.07) is 16.0. The number of carbonyl (C=O) groups excluding carboxylic acids is 1. The molecule has 0 aliphatic carbocycles. The molecule has 1 amide bonds. The molecule has 0 aliphatic heterocycles. The van der Waals surface area contributed by atoms with Crippen molar-refractivity contribution >= 4 is 11.6 Å². The van der Waals surface area contributed by atoms with Crippen molar-refractivity contribution in [3.63, 3.8) is 0 Å². The van der Waals surface area contributed by atoms with Crippen LogP contribution in [0, 0.1) is 11.3 Å². The van der Waals surface area contributed by atoms with Crippen LogP contribution in [0.25, 0.3) is 0 Å². The maximum absolute atomic E-state index is 10.9. The van der Waals surface area contributed by atoms with Crippen LogP contribution in [0.1, 0.15) is 12.5 Å². The number of amides is 1. The third-order valence-corrected chi connectivity index (χ3v) is 2.41. The summed E-state index contributed by atoms with van der Waals surface area (Å²) >= 11 is 0. The molecule has 0 fully saturated rings. The third-order valence-electron chi connectivity index (χ3n) is 2.41. The second-order valence-corrected chi connectivity index (χ2v) is 3.92. The van der Waals surface area contributed by atoms with E-state index in [4.69, 9.17) is 10.00 Å². The fraction of sp³-hybridized carbons (Fsp3) is 0.0667. The van der Waals surface area contributed by atoms with Crippen molar-refractivity contribution in [1.29, 1.82) is 5.26 Å². The van der Waals surface area contributed by atoms with Gasteiger partial charge in [-0.3, -0.25) is 4.79 Å². The molecule has 1 N–H and O–H groups in total. The normalized spacial score (nSPS) is 9.47. The van der Waals surface area contributed by atoms with Crippen LogP contribution in [0.4, 0.5) is 5.69 Å². The SMILES string of the molecule is CC(=O)Nc1ccc(Oc2ccccc2C#N)cc1. The van der Waals surface area contributed by atoms with Crippen LogP contribution in [0.3, 0.4) is 0 Å². The molecule has 4 heteroatoms. The van der Waals surface area contributed by atoms with Crippen molar-refractivity contribution in [1.82, 2.24) is 0 Å². The number of nitrogens with one attached hydrogen (secondary N) is 1. The summed E-state index contributed by atoms with van der Waals surface area (Å²) in [4.78, 5) is 10.9. The number of hydrogen-bond donors (Lipinski definition) is 1. The molecule has 0 bridgehead atoms. The molecule has 2 rings (SSSR count). The molecule has 19 heavy (non-hydrogen) atoms. The molecule has 0 saturated heterocycles. The van der Waals surface area contributed by atoms with Crippen molar-refractivity contribution in [3.05, 3.63) is 54.1 Å². The highest BCUT2D eigenvalue weighted by molar-refractivity contribution is 5.88. The summed E-state index contributed by atoms with van der Waals surface area (Å²) in [5.74, 6) is 0.998. The molecule has 0 radical (unpaired) electrons. The number of hydrogen-bond acceptors (Lipinski definition) is 3. The van der Waals surface area contributed by atoms with Crippen molar-refractivity contribution in [2.45, 2.75) is 6.92 Å². The highest BCUT2D eigenvalue weighted by Gasteiger charge is 2.03. The number of ether oxygens (including phenoxy) is 1. The molecule has 0 spiro atoms. The molecule has 94 valence electrons. The molecular formula is C15H12N2O2. The van der Waals surface area contributed by atoms with E-state index in [2.05, 4.69) is 11.4 Å². The first-order valence-corrected chi connectivity index (χ1v) is 5.73. The minimum atomic E-state index is -0.122. The van der Waals surface area contributed by atoms with Crippen molar-refractivity contribution in [2.75, 3.05) is 5.32 Å². The van der Waals surface area contributed by atoms with E-state index in [1.807, 2.05) is 6.07 Å². The Bertz CT molecular complexity index is 627. The Morgan fingerprint density at radius 2 is 1.84 bits per heavy atom. The van der Waals surface area contributed by atoms with Gasteiger partial charge in [0.15, 0.2) is 0 Å². The van der Waals surface area contributed by atoms with Gasteiger partial charge in [-0.1, -0.05) is 12.1 Å². The van der Waals surface area contributed by atoms with E-state index in [1.165, 1.54) is 6.92 Å². The molecule has 0 saturated carbocycles. The summed E-state index contributed by atoms with van der Waals surface area (Å²) in [5, 5.41) is 11.6. The van der Waals surface area contributed by atoms with Crippen molar-refractivity contribution < 1.29 is 9.53 Å². The Morgan fingerprint density at radius 3 is 2.47 bits per heavy atom. The van der Waals surface area contributed by atoms with Gasteiger partial charge in [-0.25, -0.2) is 0 Å². The first-order chi connectivity index (χ1) is 9.19. The largest absolute Gasteiger partial charge is 0.456 e. The van der Waals surface area contributed by atoms with E-state index in [0.29, 0.717) is 22.7 Å². The lowest BCUT2D eigenvalue weighted by atomic mass is 10.2. The van der Waals surface area contributed by atoms with Gasteiger partial charge in [-0.15, -0.1) is 0 Å². The lowest BCUT2D eigenvalue weighted by Crippen LogP contribution is -2.05. The monoisotopic (exact) mass is 252 g/mol. The standard InChI is InChI=1S/C15H12N2O2/c1-11(18)17-13-6-8-14(9-7-13)19-15-5-3-2-4-12(15)10-16/h2-9H,1H3,(H,17,18). The predicted molar refractivity (Wildman–Crippen MR) is 72.0 cm³/mol. The first-order valence-electron chi connectivity index (χ1n) is 5.73. The number of nitrogens with zero attached hydrogens (tertiary/aromatic N) is 1. The minimum absolute atomic E-state index is 0.122. The van der Waals surface area contributed by atoms with Crippen LogP contribution in [0.5, 0.6) is 11.5 Å². The topological polar surface area (TPSA) is 62.1 Å². The molecule has 0 heterocycles. The maximum atomic E-state index is 10.9. The van der Waals surface area contributed by atoms with E-state index in [1.54, 1.807) is 42.5 Å². The number of para-hydroxylation sites is 1. The number of benzene rings is 2. The van der Waals surface area contributed by atoms with E-state index in [0.717, 1.165) is 0 Å². The van der Waals surface area contributed by atoms with Crippen LogP contribution in [0.2, 0.25) is 0 Å². The van der Waals surface area contributed by atoms with Crippen LogP contribution in [-0.4, -0.2) is 5.91 Å². The van der Waals surface area contributed by atoms with Gasteiger partial charge < -0.3 is 10.1 Å². The fourth-order valence-corrected chi connectivity index (χ4v) is 1.58. The van der Waals surface area contributed by atoms with Crippen molar-refractivity contribution in [2.24, 2.45) is 0 Å². The van der Waals surface area contributed by atoms with Crippen LogP contribution < -0.4 is 10.1 Å². The van der Waals surface area contributed by atoms with E-state index in [9.17, 15) is 4.79 Å². The molecule has 4 nitrogen and oxygen atoms in total. The second-order valence-electron chi connectivity index (χ2n) is 3.92. The zero-order chi connectivity index (χ0) is 13.7. The smallest absolute Gasteiger partial charge is 0.221 e. The van der Waals surface area contributed by atoms with Gasteiger partial charge in [-0.05, 0) is 36.4 Å². The highest BCUT2D eigenvalue weighted by Crippen LogP contribution is 2.25. The Hall–Kier alpha value is -2.80. The van der Waals surface area contributed by atoms with E-state index >= 15 is 0 Å². The van der Waals surface area contributed by atoms with Gasteiger partial charge in [0.25, 0.3) is 0 Å². The number of rotatable bonds is 3. The van der Waals surface area contributed by atoms with Gasteiger partial charge in [0.05, 0.1) is 5.56 Å². The number of nitriles is 1. The minimum Gasteiger partial charge on any atom is -0.456 e. The zero-order valence-corrected chi connectivity index (χ0v) is 10.4. The molecular weight excluding hydrogens is 240 g/mol. The predicted octanol–water partition coefficient (Wildman–Crippen LogP) is 3.31. The highest BCUT2D eigenvalue weighted by atomic mass is 16.5. The van der Waals surface area contributed by atoms with Crippen LogP contribution in [-0.2, 0) is 4.79 Å². The number of carbonyl (C=O) groups is 1. The van der Waals surface area contributed by atoms with Crippen molar-refractivity contribution in [3.8, 4) is 17.6 Å². The van der Waals surface area contributed by atoms with Crippen LogP contribution >= 0.6 is 0 Å². The summed E-state index contributed by atoms with van der Waals surface area (Å²) in [5.41, 5.74) is 1.18. The second kappa shape index (κ2) is 5.69. The van der Waals surface area contributed by atoms with E-state index < -0.39 is 0 Å². The Morgan fingerprint density at radius 1 is 1.16 bits per heavy atom. The first kappa shape index (κ1) is 12.7. The molecule has 2 aromatic carbocycles. The van der Waals surface area contributed by atoms with Gasteiger partial charge >= 0.3 is 0 Å². The molecule has 0 aliphatic rings. The van der Waals surface area contributed by atoms with Gasteiger partial charge in [0.2, 0.25) is 5.91 Å². The Labute approximate surface area is 111 Å². The lowest BCUT2D eigenvalue weighted by molar-refractivity contribution is -0.114. The summed E-state index contributed by atoms with van der Waals surface area (Å²) < 4.78 is 5.63. The fourth-order valence-electron chi connectivity index (χ4n) is 1.58. The average molecular weight is 252 g/mol. The molecule has 2 aromatic rings.